The Morgan fingerprint density at radius 1 is 1.23 bits per heavy atom. The zero-order valence-corrected chi connectivity index (χ0v) is 8.62. The van der Waals surface area contributed by atoms with Crippen LogP contribution >= 0.6 is 15.9 Å². The molecule has 1 aromatic rings. The Kier molecular flexibility index (Phi) is 2.32. The Hall–Kier alpha value is -0.890. The van der Waals surface area contributed by atoms with E-state index in [0.717, 1.165) is 17.6 Å². The van der Waals surface area contributed by atoms with Crippen molar-refractivity contribution in [2.24, 2.45) is 0 Å². The first-order valence-electron chi connectivity index (χ1n) is 4.23. The van der Waals surface area contributed by atoms with E-state index >= 15 is 0 Å². The molecule has 0 N–H and O–H groups in total. The van der Waals surface area contributed by atoms with E-state index in [4.69, 9.17) is 0 Å². The molecule has 1 aromatic carbocycles. The van der Waals surface area contributed by atoms with Gasteiger partial charge < -0.3 is 0 Å². The summed E-state index contributed by atoms with van der Waals surface area (Å²) in [5, 5.41) is 0. The molecule has 66 valence electrons. The van der Waals surface area contributed by atoms with E-state index in [1.54, 1.807) is 0 Å². The highest BCUT2D eigenvalue weighted by molar-refractivity contribution is 9.10. The van der Waals surface area contributed by atoms with E-state index in [-0.39, 0.29) is 10.6 Å². The van der Waals surface area contributed by atoms with Crippen molar-refractivity contribution in [2.45, 2.75) is 11.2 Å². The lowest BCUT2D eigenvalue weighted by atomic mass is 10.1. The maximum atomic E-state index is 11.6. The standard InChI is InChI=1S/C11H9BrO/c12-10-7-6-9(11(10)13)8-4-2-1-3-5-8/h1-6,10H,7H2. The topological polar surface area (TPSA) is 17.1 Å². The van der Waals surface area contributed by atoms with Gasteiger partial charge in [-0.05, 0) is 12.0 Å². The van der Waals surface area contributed by atoms with Crippen molar-refractivity contribution in [3.05, 3.63) is 42.0 Å². The fraction of sp³-hybridized carbons (Fsp3) is 0.182. The predicted octanol–water partition coefficient (Wildman–Crippen LogP) is 2.81. The molecule has 0 aromatic heterocycles. The van der Waals surface area contributed by atoms with Gasteiger partial charge in [-0.15, -0.1) is 0 Å². The molecule has 0 radical (unpaired) electrons. The fourth-order valence-electron chi connectivity index (χ4n) is 1.48. The molecular formula is C11H9BrO. The van der Waals surface area contributed by atoms with Gasteiger partial charge >= 0.3 is 0 Å². The lowest BCUT2D eigenvalue weighted by molar-refractivity contribution is -0.112. The van der Waals surface area contributed by atoms with Crippen molar-refractivity contribution in [1.29, 1.82) is 0 Å². The molecule has 1 aliphatic rings. The quantitative estimate of drug-likeness (QED) is 0.686. The molecule has 0 amide bonds. The number of halogens is 1. The van der Waals surface area contributed by atoms with Gasteiger partial charge in [-0.25, -0.2) is 0 Å². The Labute approximate surface area is 85.6 Å². The van der Waals surface area contributed by atoms with Gasteiger partial charge in [0.05, 0.1) is 4.83 Å². The number of ketones is 1. The molecule has 0 heterocycles. The zero-order chi connectivity index (χ0) is 9.26. The van der Waals surface area contributed by atoms with Crippen LogP contribution in [0.15, 0.2) is 36.4 Å². The van der Waals surface area contributed by atoms with E-state index in [2.05, 4.69) is 15.9 Å². The van der Waals surface area contributed by atoms with Crippen LogP contribution in [0.1, 0.15) is 12.0 Å². The summed E-state index contributed by atoms with van der Waals surface area (Å²) >= 11 is 3.34. The number of alkyl halides is 1. The van der Waals surface area contributed by atoms with Crippen molar-refractivity contribution >= 4 is 27.3 Å². The second-order valence-corrected chi connectivity index (χ2v) is 4.16. The van der Waals surface area contributed by atoms with Crippen LogP contribution in [0.25, 0.3) is 5.57 Å². The zero-order valence-electron chi connectivity index (χ0n) is 7.03. The summed E-state index contributed by atoms with van der Waals surface area (Å²) in [7, 11) is 0. The molecule has 1 aliphatic carbocycles. The Morgan fingerprint density at radius 3 is 2.46 bits per heavy atom. The molecule has 13 heavy (non-hydrogen) atoms. The lowest BCUT2D eigenvalue weighted by Gasteiger charge is -2.01. The SMILES string of the molecule is O=C1C(c2ccccc2)=CCC1Br. The molecule has 0 fully saturated rings. The van der Waals surface area contributed by atoms with Crippen LogP contribution in [0.2, 0.25) is 0 Å². The van der Waals surface area contributed by atoms with E-state index in [1.807, 2.05) is 36.4 Å². The van der Waals surface area contributed by atoms with Crippen LogP contribution in [0.4, 0.5) is 0 Å². The summed E-state index contributed by atoms with van der Waals surface area (Å²) in [6.07, 6.45) is 2.81. The van der Waals surface area contributed by atoms with Crippen LogP contribution in [0.3, 0.4) is 0 Å². The summed E-state index contributed by atoms with van der Waals surface area (Å²) in [6, 6.07) is 9.79. The van der Waals surface area contributed by atoms with Gasteiger partial charge in [0.25, 0.3) is 0 Å². The number of rotatable bonds is 1. The summed E-state index contributed by atoms with van der Waals surface area (Å²) in [6.45, 7) is 0. The molecule has 0 aliphatic heterocycles. The van der Waals surface area contributed by atoms with Crippen LogP contribution in [0.5, 0.6) is 0 Å². The lowest BCUT2D eigenvalue weighted by Crippen LogP contribution is -2.07. The summed E-state index contributed by atoms with van der Waals surface area (Å²) < 4.78 is 0. The predicted molar refractivity (Wildman–Crippen MR) is 56.8 cm³/mol. The van der Waals surface area contributed by atoms with Gasteiger partial charge in [0.15, 0.2) is 5.78 Å². The summed E-state index contributed by atoms with van der Waals surface area (Å²) in [5.74, 6) is 0.200. The van der Waals surface area contributed by atoms with Crippen molar-refractivity contribution in [3.63, 3.8) is 0 Å². The average Bonchev–Trinajstić information content (AvgIpc) is 2.49. The smallest absolute Gasteiger partial charge is 0.177 e. The Bertz CT molecular complexity index is 354. The molecule has 1 nitrogen and oxygen atoms in total. The highest BCUT2D eigenvalue weighted by Crippen LogP contribution is 2.28. The maximum Gasteiger partial charge on any atom is 0.177 e. The minimum absolute atomic E-state index is 0.0114. The first-order chi connectivity index (χ1) is 6.29. The van der Waals surface area contributed by atoms with Crippen LogP contribution in [-0.4, -0.2) is 10.6 Å². The van der Waals surface area contributed by atoms with Gasteiger partial charge in [-0.3, -0.25) is 4.79 Å². The monoisotopic (exact) mass is 236 g/mol. The number of allylic oxidation sites excluding steroid dienone is 2. The van der Waals surface area contributed by atoms with Crippen molar-refractivity contribution < 1.29 is 4.79 Å². The number of benzene rings is 1. The van der Waals surface area contributed by atoms with Gasteiger partial charge in [-0.2, -0.15) is 0 Å². The van der Waals surface area contributed by atoms with Gasteiger partial charge in [0.2, 0.25) is 0 Å². The minimum Gasteiger partial charge on any atom is -0.293 e. The van der Waals surface area contributed by atoms with Crippen molar-refractivity contribution in [3.8, 4) is 0 Å². The molecular weight excluding hydrogens is 228 g/mol. The van der Waals surface area contributed by atoms with Crippen molar-refractivity contribution in [1.82, 2.24) is 0 Å². The maximum absolute atomic E-state index is 11.6. The molecule has 1 unspecified atom stereocenters. The molecule has 1 atom stereocenters. The van der Waals surface area contributed by atoms with E-state index in [0.29, 0.717) is 0 Å². The normalized spacial score (nSPS) is 21.8. The van der Waals surface area contributed by atoms with Crippen LogP contribution in [0, 0.1) is 0 Å². The minimum atomic E-state index is -0.0114. The number of hydrogen-bond acceptors (Lipinski definition) is 1. The molecule has 2 rings (SSSR count). The number of carbonyl (C=O) groups is 1. The first kappa shape index (κ1) is 8.70. The number of carbonyl (C=O) groups excluding carboxylic acids is 1. The number of Topliss-reactive ketones (excluding diaryl/α,β-unsaturated/α-hetero) is 1. The van der Waals surface area contributed by atoms with Crippen molar-refractivity contribution in [2.75, 3.05) is 0 Å². The third-order valence-corrected chi connectivity index (χ3v) is 2.95. The molecule has 0 spiro atoms. The third kappa shape index (κ3) is 1.59. The second-order valence-electron chi connectivity index (χ2n) is 3.05. The fourth-order valence-corrected chi connectivity index (χ4v) is 1.91. The van der Waals surface area contributed by atoms with Crippen LogP contribution < -0.4 is 0 Å². The largest absolute Gasteiger partial charge is 0.293 e. The van der Waals surface area contributed by atoms with E-state index in [9.17, 15) is 4.79 Å². The molecule has 2 heteroatoms. The third-order valence-electron chi connectivity index (χ3n) is 2.16. The summed E-state index contributed by atoms with van der Waals surface area (Å²) in [5.41, 5.74) is 1.87. The molecule has 0 saturated carbocycles. The van der Waals surface area contributed by atoms with Crippen LogP contribution in [-0.2, 0) is 4.79 Å². The Balaban J connectivity index is 2.34. The van der Waals surface area contributed by atoms with Gasteiger partial charge in [0.1, 0.15) is 0 Å². The number of hydrogen-bond donors (Lipinski definition) is 0. The van der Waals surface area contributed by atoms with Gasteiger partial charge in [0, 0.05) is 5.57 Å². The highest BCUT2D eigenvalue weighted by Gasteiger charge is 2.25. The van der Waals surface area contributed by atoms with E-state index in [1.165, 1.54) is 0 Å². The molecule has 0 saturated heterocycles. The highest BCUT2D eigenvalue weighted by atomic mass is 79.9. The van der Waals surface area contributed by atoms with Gasteiger partial charge in [-0.1, -0.05) is 52.3 Å². The Morgan fingerprint density at radius 2 is 1.92 bits per heavy atom. The summed E-state index contributed by atoms with van der Waals surface area (Å²) in [4.78, 5) is 11.6. The average molecular weight is 237 g/mol. The molecule has 0 bridgehead atoms. The first-order valence-corrected chi connectivity index (χ1v) is 5.14. The second kappa shape index (κ2) is 3.46. The van der Waals surface area contributed by atoms with E-state index < -0.39 is 0 Å².